The molecule has 0 saturated carbocycles. The summed E-state index contributed by atoms with van der Waals surface area (Å²) in [5, 5.41) is 29.1. The standard InChI is InChI=1S/C22H22BrN3O.C22H21BrN2O2.C22H21BrN2OS.C21H19BrN2O2.C4H10O2.CH3I.CH5N.CH2O3.CH4.2K.H/c1-26-19(27)22(25-20(26)24)18-12-17(23)7-6-16(18)13-21(22)10-8-14-4-2-3-5-15(14)9-11-21;2*1-25-19(26)22(24-20(25)27)18-12-17(23)7-6-16(18)13-21(22)10-8-14-4-2-3-5-15(14)9-11-21;22-16-6-5-15-12-20(9-7-13-3-1-2-4-14(13)8-10-20)21(17(15)11-16)18(25)23-19(26)24-21;1-4(2,3)6-5;2*1-2;2-1-4-3;;;;/h2-7,12H,8-11,13H2,1H3,(H2,24,25);2*2-7,12H,8-11,13H2,1H3,(H,24,27);1-6,11H,7-10,12H2,(H2,23,24,25,26);5H,1-3H3;1H3;2H2,1H3;1,3H;1H4;;;/q;;;;;;;;;2*+1;-1/p-1. The van der Waals surface area contributed by atoms with E-state index in [1.807, 2.05) is 29.2 Å². The summed E-state index contributed by atoms with van der Waals surface area (Å²) >= 11 is 22.0. The SMILES string of the molecule is C.CC(C)(C)OO.CI.CN.CN1C(=O)C2(N=C1N)c1cc(Br)ccc1CC21CCc2ccccc2CC1.CN1C(=O)C2(NC1=S)c1cc(Br)ccc1CC21CCc2ccccc2CC1.CN1C(=O)NC2(C1=O)c1cc(Br)ccc1CC21CCc2ccccc2CC1.O=C1NC(=O)C2(N1)c1cc(Br)ccc1CC21CCc2ccccc2CC1.O=CO[O-].[H-].[K+].[K+]. The van der Waals surface area contributed by atoms with Gasteiger partial charge in [-0.2, -0.15) is 0 Å². The van der Waals surface area contributed by atoms with Gasteiger partial charge in [-0.1, -0.05) is 215 Å². The van der Waals surface area contributed by atoms with Crippen molar-refractivity contribution in [2.24, 2.45) is 38.1 Å². The number of nitrogens with one attached hydrogen (secondary N) is 4. The minimum absolute atomic E-state index is 0. The number of halogens is 5. The number of guanidine groups is 1. The average molecular weight is 2120 g/mol. The Kier molecular flexibility index (Phi) is 33.8. The van der Waals surface area contributed by atoms with Gasteiger partial charge >= 0.3 is 115 Å². The Morgan fingerprint density at radius 1 is 0.468 bits per heavy atom. The molecule has 3 fully saturated rings. The Morgan fingerprint density at radius 3 is 1.02 bits per heavy atom. The number of aliphatic imine (C=N–C) groups is 1. The van der Waals surface area contributed by atoms with E-state index in [9.17, 15) is 28.8 Å². The van der Waals surface area contributed by atoms with Crippen molar-refractivity contribution < 1.29 is 158 Å². The number of urea groups is 2. The molecule has 29 heteroatoms. The van der Waals surface area contributed by atoms with Crippen LogP contribution in [-0.2, 0) is 133 Å². The average Bonchev–Trinajstić information content (AvgIpc) is 1.55. The monoisotopic (exact) mass is 2120 g/mol. The fourth-order valence-corrected chi connectivity index (χ4v) is 23.4. The van der Waals surface area contributed by atoms with E-state index in [-0.39, 0.29) is 175 Å². The Bertz CT molecular complexity index is 5190. The number of hydrogen-bond donors (Lipinski definition) is 7. The minimum atomic E-state index is -0.967. The molecule has 646 valence electrons. The number of nitrogens with zero attached hydrogens (tertiary/aromatic N) is 4. The zero-order valence-electron chi connectivity index (χ0n) is 72.2. The largest absolute Gasteiger partial charge is 1.00 e. The molecule has 4 atom stereocenters. The number of carbonyl (C=O) groups is 7. The number of fused-ring (bicyclic) bond motifs is 16. The van der Waals surface area contributed by atoms with E-state index in [0.29, 0.717) is 11.1 Å². The molecular weight excluding hydrogens is 2010 g/mol. The number of thiocarbonyl (C=S) groups is 1. The molecule has 8 aromatic carbocycles. The van der Waals surface area contributed by atoms with Gasteiger partial charge in [-0.15, -0.1) is 0 Å². The molecule has 0 aromatic heterocycles. The summed E-state index contributed by atoms with van der Waals surface area (Å²) in [4.78, 5) is 105. The number of hydrogen-bond acceptors (Lipinski definition) is 15. The first-order valence-electron chi connectivity index (χ1n) is 40.8. The van der Waals surface area contributed by atoms with Crippen LogP contribution in [0.15, 0.2) is 193 Å². The second-order valence-electron chi connectivity index (χ2n) is 34.3. The van der Waals surface area contributed by atoms with Crippen LogP contribution in [0.2, 0.25) is 0 Å². The van der Waals surface area contributed by atoms with Crippen LogP contribution in [0.3, 0.4) is 0 Å². The van der Waals surface area contributed by atoms with Crippen molar-refractivity contribution in [1.29, 1.82) is 0 Å². The van der Waals surface area contributed by atoms with Gasteiger partial charge in [-0.05, 0) is 311 Å². The quantitative estimate of drug-likeness (QED) is 0.0117. The van der Waals surface area contributed by atoms with Gasteiger partial charge in [-0.25, -0.2) is 19.5 Å². The first kappa shape index (κ1) is 101. The molecule has 8 spiro atoms. The van der Waals surface area contributed by atoms with E-state index in [0.717, 1.165) is 174 Å². The van der Waals surface area contributed by atoms with Crippen LogP contribution in [0, 0.1) is 21.7 Å². The van der Waals surface area contributed by atoms with Crippen LogP contribution >= 0.6 is 98.5 Å². The summed E-state index contributed by atoms with van der Waals surface area (Å²) in [5.74, 6) is 0.118. The van der Waals surface area contributed by atoms with Crippen LogP contribution in [0.25, 0.3) is 0 Å². The molecule has 4 aliphatic heterocycles. The van der Waals surface area contributed by atoms with Crippen molar-refractivity contribution in [1.82, 2.24) is 36.0 Å². The molecule has 21 nitrogen and oxygen atoms in total. The Morgan fingerprint density at radius 2 is 0.750 bits per heavy atom. The van der Waals surface area contributed by atoms with Gasteiger partial charge in [0.15, 0.2) is 33.2 Å². The summed E-state index contributed by atoms with van der Waals surface area (Å²) in [5.41, 5.74) is 25.7. The maximum Gasteiger partial charge on any atom is 1.00 e. The first-order chi connectivity index (χ1) is 57.9. The molecule has 8 aliphatic carbocycles. The predicted molar refractivity (Wildman–Crippen MR) is 500 cm³/mol. The number of aryl methyl sites for hydroxylation is 8. The third kappa shape index (κ3) is 18.2. The Balaban J connectivity index is 0.000000178. The van der Waals surface area contributed by atoms with Gasteiger partial charge in [-0.3, -0.25) is 49.2 Å². The second kappa shape index (κ2) is 41.3. The summed E-state index contributed by atoms with van der Waals surface area (Å²) in [6.07, 6.45) is 18.4. The van der Waals surface area contributed by atoms with Gasteiger partial charge in [0.1, 0.15) is 0 Å². The van der Waals surface area contributed by atoms with E-state index in [1.54, 1.807) is 46.8 Å². The summed E-state index contributed by atoms with van der Waals surface area (Å²) in [6, 6.07) is 58.7. The molecule has 4 heterocycles. The fourth-order valence-electron chi connectivity index (χ4n) is 21.7. The zero-order valence-corrected chi connectivity index (χ0v) is 86.7. The molecule has 0 radical (unpaired) electrons. The smallest absolute Gasteiger partial charge is 1.00 e. The van der Waals surface area contributed by atoms with Crippen LogP contribution in [-0.4, -0.2) is 112 Å². The molecule has 3 saturated heterocycles. The van der Waals surface area contributed by atoms with E-state index < -0.39 is 27.8 Å². The molecule has 124 heavy (non-hydrogen) atoms. The van der Waals surface area contributed by atoms with E-state index >= 15 is 0 Å². The van der Waals surface area contributed by atoms with Gasteiger partial charge in [0, 0.05) is 60.7 Å². The number of imide groups is 2. The zero-order chi connectivity index (χ0) is 87.0. The molecule has 8 amide bonds. The van der Waals surface area contributed by atoms with Crippen LogP contribution in [0.4, 0.5) is 9.59 Å². The van der Waals surface area contributed by atoms with Gasteiger partial charge in [0.2, 0.25) is 0 Å². The summed E-state index contributed by atoms with van der Waals surface area (Å²) in [7, 11) is 6.62. The molecule has 4 unspecified atom stereocenters. The third-order valence-corrected chi connectivity index (χ3v) is 29.8. The second-order valence-corrected chi connectivity index (χ2v) is 38.3. The maximum atomic E-state index is 13.6. The van der Waals surface area contributed by atoms with Crippen molar-refractivity contribution in [3.05, 3.63) is 277 Å². The van der Waals surface area contributed by atoms with Crippen molar-refractivity contribution in [2.45, 2.75) is 184 Å². The van der Waals surface area contributed by atoms with Gasteiger partial charge in [0.05, 0.1) is 5.60 Å². The number of rotatable bonds is 1. The van der Waals surface area contributed by atoms with Crippen LogP contribution in [0.1, 0.15) is 170 Å². The number of amides is 8. The third-order valence-electron chi connectivity index (χ3n) is 27.5. The normalized spacial score (nSPS) is 22.9. The van der Waals surface area contributed by atoms with E-state index in [4.69, 9.17) is 38.3 Å². The molecule has 9 N–H and O–H groups in total. The van der Waals surface area contributed by atoms with E-state index in [1.165, 1.54) is 78.0 Å². The Hall–Kier alpha value is -4.83. The molecule has 8 aromatic rings. The van der Waals surface area contributed by atoms with Gasteiger partial charge < -0.3 is 39.0 Å². The fraction of sp³-hybridized carbons (Fsp3) is 0.400. The van der Waals surface area contributed by atoms with Gasteiger partial charge in [0.25, 0.3) is 30.1 Å². The van der Waals surface area contributed by atoms with Crippen molar-refractivity contribution in [3.63, 3.8) is 0 Å². The molecule has 12 aliphatic rings. The van der Waals surface area contributed by atoms with Crippen molar-refractivity contribution >= 4 is 152 Å². The Labute approximate surface area is 866 Å². The maximum absolute atomic E-state index is 13.6. The summed E-state index contributed by atoms with van der Waals surface area (Å²) < 4.78 is 3.85. The first-order valence-corrected chi connectivity index (χ1v) is 46.6. The van der Waals surface area contributed by atoms with Crippen LogP contribution in [0.5, 0.6) is 0 Å². The molecular formula is C95H107Br4IK2N10O11S. The van der Waals surface area contributed by atoms with Crippen molar-refractivity contribution in [2.75, 3.05) is 33.1 Å². The topological polar surface area (TPSA) is 303 Å². The number of carbonyl (C=O) groups excluding carboxylic acids is 7. The number of alkyl halides is 1. The number of likely N-dealkylation sites (N-methyl/N-ethyl adjacent to an activating group) is 3. The number of nitrogens with two attached hydrogens (primary N) is 2. The van der Waals surface area contributed by atoms with Crippen LogP contribution < -0.4 is 141 Å². The van der Waals surface area contributed by atoms with Crippen molar-refractivity contribution in [3.8, 4) is 0 Å². The molecule has 0 bridgehead atoms. The summed E-state index contributed by atoms with van der Waals surface area (Å²) in [6.45, 7) is 5.13. The number of benzene rings is 8. The van der Waals surface area contributed by atoms with E-state index in [2.05, 4.69) is 269 Å². The minimum Gasteiger partial charge on any atom is -1.00 e. The predicted octanol–water partition coefficient (Wildman–Crippen LogP) is 10.3. The molecule has 20 rings (SSSR count).